The minimum absolute atomic E-state index is 0.184. The van der Waals surface area contributed by atoms with Crippen LogP contribution in [0.5, 0.6) is 0 Å². The molecule has 4 heterocycles. The van der Waals surface area contributed by atoms with Gasteiger partial charge < -0.3 is 25.4 Å². The number of hydrogen-bond acceptors (Lipinski definition) is 5. The first kappa shape index (κ1) is 21.2. The van der Waals surface area contributed by atoms with Gasteiger partial charge in [0.1, 0.15) is 17.7 Å². The second kappa shape index (κ2) is 7.70. The first-order valence-corrected chi connectivity index (χ1v) is 13.1. The van der Waals surface area contributed by atoms with Gasteiger partial charge in [-0.05, 0) is 56.2 Å². The number of carbonyl (C=O) groups excluding carboxylic acids is 2. The fraction of sp³-hybridized carbons (Fsp3) is 0.615. The van der Waals surface area contributed by atoms with E-state index in [1.807, 2.05) is 9.80 Å². The van der Waals surface area contributed by atoms with Crippen LogP contribution in [0.2, 0.25) is 0 Å². The molecule has 5 fully saturated rings. The first-order valence-electron chi connectivity index (χ1n) is 13.1. The van der Waals surface area contributed by atoms with Gasteiger partial charge in [0.15, 0.2) is 0 Å². The Morgan fingerprint density at radius 2 is 1.60 bits per heavy atom. The molecule has 2 aliphatic carbocycles. The van der Waals surface area contributed by atoms with Crippen molar-refractivity contribution in [1.82, 2.24) is 25.0 Å². The van der Waals surface area contributed by atoms with Crippen molar-refractivity contribution in [2.24, 2.45) is 11.1 Å². The predicted molar refractivity (Wildman–Crippen MR) is 130 cm³/mol. The lowest BCUT2D eigenvalue weighted by Crippen LogP contribution is -2.67. The number of urea groups is 1. The SMILES string of the molecule is NC(=O)C1CCCN1c1ccc(C2CN(C(=O)N3CC4(CC(c5nnc(C6CC6)[nH]5)C4)C3)C2)cc1. The largest absolute Gasteiger partial charge is 0.368 e. The van der Waals surface area contributed by atoms with Crippen LogP contribution >= 0.6 is 0 Å². The molecule has 1 aromatic heterocycles. The van der Waals surface area contributed by atoms with Gasteiger partial charge in [0.2, 0.25) is 5.91 Å². The van der Waals surface area contributed by atoms with E-state index in [2.05, 4.69) is 44.3 Å². The molecule has 0 bridgehead atoms. The molecule has 9 heteroatoms. The van der Waals surface area contributed by atoms with E-state index >= 15 is 0 Å². The van der Waals surface area contributed by atoms with Gasteiger partial charge in [-0.25, -0.2) is 4.79 Å². The van der Waals surface area contributed by atoms with Crippen molar-refractivity contribution < 1.29 is 9.59 Å². The molecule has 3 N–H and O–H groups in total. The molecule has 1 unspecified atom stereocenters. The number of hydrogen-bond donors (Lipinski definition) is 2. The number of aromatic nitrogens is 3. The Balaban J connectivity index is 0.883. The Kier molecular flexibility index (Phi) is 4.66. The third kappa shape index (κ3) is 3.58. The van der Waals surface area contributed by atoms with Crippen molar-refractivity contribution in [2.75, 3.05) is 37.6 Å². The van der Waals surface area contributed by atoms with Gasteiger partial charge in [-0.2, -0.15) is 0 Å². The number of likely N-dealkylation sites (tertiary alicyclic amines) is 2. The highest BCUT2D eigenvalue weighted by molar-refractivity contribution is 5.84. The summed E-state index contributed by atoms with van der Waals surface area (Å²) >= 11 is 0. The summed E-state index contributed by atoms with van der Waals surface area (Å²) in [5.74, 6) is 3.34. The molecule has 7 rings (SSSR count). The van der Waals surface area contributed by atoms with Crippen LogP contribution in [0, 0.1) is 5.41 Å². The van der Waals surface area contributed by atoms with E-state index in [1.54, 1.807) is 0 Å². The first-order chi connectivity index (χ1) is 17.0. The fourth-order valence-electron chi connectivity index (χ4n) is 6.70. The molecule has 1 aromatic carbocycles. The predicted octanol–water partition coefficient (Wildman–Crippen LogP) is 2.54. The number of anilines is 1. The van der Waals surface area contributed by atoms with Crippen molar-refractivity contribution >= 4 is 17.6 Å². The van der Waals surface area contributed by atoms with Crippen LogP contribution in [0.15, 0.2) is 24.3 Å². The van der Waals surface area contributed by atoms with Crippen molar-refractivity contribution in [3.63, 3.8) is 0 Å². The van der Waals surface area contributed by atoms with Gasteiger partial charge in [0.25, 0.3) is 0 Å². The summed E-state index contributed by atoms with van der Waals surface area (Å²) in [5, 5.41) is 8.71. The molecule has 3 amide bonds. The summed E-state index contributed by atoms with van der Waals surface area (Å²) in [4.78, 5) is 34.2. The van der Waals surface area contributed by atoms with E-state index in [4.69, 9.17) is 5.73 Å². The summed E-state index contributed by atoms with van der Waals surface area (Å²) in [5.41, 5.74) is 8.18. The monoisotopic (exact) mass is 475 g/mol. The van der Waals surface area contributed by atoms with E-state index < -0.39 is 0 Å². The molecule has 184 valence electrons. The zero-order valence-electron chi connectivity index (χ0n) is 20.0. The minimum atomic E-state index is -0.245. The highest BCUT2D eigenvalue weighted by Gasteiger charge is 2.56. The Bertz CT molecular complexity index is 1140. The van der Waals surface area contributed by atoms with E-state index in [1.165, 1.54) is 18.4 Å². The number of amides is 3. The molecule has 35 heavy (non-hydrogen) atoms. The molecule has 1 atom stereocenters. The Hall–Kier alpha value is -3.10. The van der Waals surface area contributed by atoms with Crippen molar-refractivity contribution in [3.8, 4) is 0 Å². The van der Waals surface area contributed by atoms with E-state index in [9.17, 15) is 9.59 Å². The molecule has 0 radical (unpaired) electrons. The second-order valence-corrected chi connectivity index (χ2v) is 11.6. The van der Waals surface area contributed by atoms with Crippen molar-refractivity contribution in [1.29, 1.82) is 0 Å². The van der Waals surface area contributed by atoms with Gasteiger partial charge in [-0.1, -0.05) is 12.1 Å². The van der Waals surface area contributed by atoms with Crippen LogP contribution in [0.4, 0.5) is 10.5 Å². The lowest BCUT2D eigenvalue weighted by Gasteiger charge is -2.59. The summed E-state index contributed by atoms with van der Waals surface area (Å²) in [6.45, 7) is 4.17. The Morgan fingerprint density at radius 3 is 2.26 bits per heavy atom. The molecule has 1 spiro atoms. The maximum Gasteiger partial charge on any atom is 0.320 e. The Morgan fingerprint density at radius 1 is 0.914 bits per heavy atom. The number of carbonyl (C=O) groups is 2. The van der Waals surface area contributed by atoms with Crippen LogP contribution in [0.1, 0.15) is 73.5 Å². The number of nitrogens with two attached hydrogens (primary N) is 1. The van der Waals surface area contributed by atoms with Crippen LogP contribution in [0.25, 0.3) is 0 Å². The normalized spacial score (nSPS) is 25.9. The molecule has 5 aliphatic rings. The minimum Gasteiger partial charge on any atom is -0.368 e. The maximum atomic E-state index is 12.9. The van der Waals surface area contributed by atoms with Gasteiger partial charge in [-0.15, -0.1) is 10.2 Å². The van der Waals surface area contributed by atoms with Crippen LogP contribution in [0.3, 0.4) is 0 Å². The number of rotatable bonds is 5. The lowest BCUT2D eigenvalue weighted by molar-refractivity contribution is -0.119. The highest BCUT2D eigenvalue weighted by Crippen LogP contribution is 2.56. The number of H-pyrrole nitrogens is 1. The molecule has 2 aromatic rings. The molecule has 9 nitrogen and oxygen atoms in total. The number of nitrogens with zero attached hydrogens (tertiary/aromatic N) is 5. The second-order valence-electron chi connectivity index (χ2n) is 11.6. The zero-order valence-corrected chi connectivity index (χ0v) is 20.0. The third-order valence-electron chi connectivity index (χ3n) is 8.98. The summed E-state index contributed by atoms with van der Waals surface area (Å²) in [7, 11) is 0. The summed E-state index contributed by atoms with van der Waals surface area (Å²) in [6.07, 6.45) is 6.51. The highest BCUT2D eigenvalue weighted by atomic mass is 16.2. The van der Waals surface area contributed by atoms with Gasteiger partial charge in [0, 0.05) is 61.6 Å². The summed E-state index contributed by atoms with van der Waals surface area (Å²) < 4.78 is 0. The van der Waals surface area contributed by atoms with Crippen molar-refractivity contribution in [2.45, 2.75) is 62.3 Å². The molecule has 3 saturated heterocycles. The summed E-state index contributed by atoms with van der Waals surface area (Å²) in [6, 6.07) is 8.46. The number of nitrogens with one attached hydrogen (secondary N) is 1. The average Bonchev–Trinajstić information content (AvgIpc) is 3.28. The standard InChI is InChI=1S/C26H33N7O2/c27-22(34)21-2-1-9-33(21)20-7-5-16(6-8-20)19-12-31(13-19)25(35)32-14-26(15-32)10-18(11-26)24-28-23(29-30-24)17-3-4-17/h5-8,17-19,21H,1-4,9-15H2,(H2,27,34)(H,28,29,30). The third-order valence-corrected chi connectivity index (χ3v) is 8.98. The Labute approximate surface area is 205 Å². The number of aromatic amines is 1. The topological polar surface area (TPSA) is 111 Å². The molecular formula is C26H33N7O2. The fourth-order valence-corrected chi connectivity index (χ4v) is 6.70. The van der Waals surface area contributed by atoms with Gasteiger partial charge >= 0.3 is 6.03 Å². The van der Waals surface area contributed by atoms with Gasteiger partial charge in [-0.3, -0.25) is 4.79 Å². The quantitative estimate of drug-likeness (QED) is 0.690. The molecule has 3 aliphatic heterocycles. The smallest absolute Gasteiger partial charge is 0.320 e. The van der Waals surface area contributed by atoms with E-state index in [-0.39, 0.29) is 18.0 Å². The van der Waals surface area contributed by atoms with E-state index in [0.29, 0.717) is 23.2 Å². The lowest BCUT2D eigenvalue weighted by atomic mass is 9.57. The average molecular weight is 476 g/mol. The van der Waals surface area contributed by atoms with Crippen LogP contribution < -0.4 is 10.6 Å². The number of benzene rings is 1. The van der Waals surface area contributed by atoms with Crippen molar-refractivity contribution in [3.05, 3.63) is 41.5 Å². The maximum absolute atomic E-state index is 12.9. The van der Waals surface area contributed by atoms with Gasteiger partial charge in [0.05, 0.1) is 0 Å². The van der Waals surface area contributed by atoms with E-state index in [0.717, 1.165) is 75.7 Å². The van der Waals surface area contributed by atoms with Crippen LogP contribution in [-0.4, -0.2) is 75.7 Å². The molecular weight excluding hydrogens is 442 g/mol. The zero-order chi connectivity index (χ0) is 23.7. The number of primary amides is 1. The van der Waals surface area contributed by atoms with Crippen LogP contribution in [-0.2, 0) is 4.79 Å². The molecule has 2 saturated carbocycles.